The Bertz CT molecular complexity index is 704. The molecule has 0 saturated heterocycles. The Morgan fingerprint density at radius 2 is 1.88 bits per heavy atom. The number of hydrogen-bond donors (Lipinski definition) is 2. The molecule has 0 aliphatic rings. The van der Waals surface area contributed by atoms with Gasteiger partial charge in [-0.2, -0.15) is 0 Å². The van der Waals surface area contributed by atoms with E-state index in [9.17, 15) is 9.59 Å². The van der Waals surface area contributed by atoms with Gasteiger partial charge in [0.2, 0.25) is 11.8 Å². The number of nitrogens with zero attached hydrogens (tertiary/aromatic N) is 1. The Labute approximate surface area is 152 Å². The molecule has 0 radical (unpaired) electrons. The molecule has 7 nitrogen and oxygen atoms in total. The maximum Gasteiger partial charge on any atom is 0.251 e. The van der Waals surface area contributed by atoms with Crippen LogP contribution in [0.15, 0.2) is 48.7 Å². The van der Waals surface area contributed by atoms with Crippen LogP contribution < -0.4 is 15.4 Å². The van der Waals surface area contributed by atoms with Crippen molar-refractivity contribution < 1.29 is 19.1 Å². The SMILES string of the molecule is COCCOc1ccc(NC(=O)CC(C)NC(=O)c2ccccc2)cn1. The number of methoxy groups -OCH3 is 1. The van der Waals surface area contributed by atoms with E-state index in [0.717, 1.165) is 0 Å². The van der Waals surface area contributed by atoms with Gasteiger partial charge in [-0.25, -0.2) is 4.98 Å². The molecule has 0 bridgehead atoms. The molecule has 7 heteroatoms. The highest BCUT2D eigenvalue weighted by molar-refractivity contribution is 5.95. The summed E-state index contributed by atoms with van der Waals surface area (Å²) in [5.74, 6) is 0.0504. The van der Waals surface area contributed by atoms with Crippen molar-refractivity contribution in [3.05, 3.63) is 54.2 Å². The van der Waals surface area contributed by atoms with Crippen LogP contribution in [0.25, 0.3) is 0 Å². The van der Waals surface area contributed by atoms with E-state index in [-0.39, 0.29) is 24.3 Å². The second kappa shape index (κ2) is 10.1. The Kier molecular flexibility index (Phi) is 7.57. The molecular formula is C19H23N3O4. The number of carbonyl (C=O) groups is 2. The second-order valence-electron chi connectivity index (χ2n) is 5.72. The molecule has 2 amide bonds. The van der Waals surface area contributed by atoms with Gasteiger partial charge in [0.25, 0.3) is 5.91 Å². The molecular weight excluding hydrogens is 334 g/mol. The molecule has 1 heterocycles. The van der Waals surface area contributed by atoms with Crippen LogP contribution in [-0.2, 0) is 9.53 Å². The van der Waals surface area contributed by atoms with Crippen LogP contribution >= 0.6 is 0 Å². The summed E-state index contributed by atoms with van der Waals surface area (Å²) >= 11 is 0. The number of anilines is 1. The van der Waals surface area contributed by atoms with E-state index in [2.05, 4.69) is 15.6 Å². The number of ether oxygens (including phenoxy) is 2. The van der Waals surface area contributed by atoms with E-state index < -0.39 is 0 Å². The molecule has 0 aliphatic carbocycles. The smallest absolute Gasteiger partial charge is 0.251 e. The largest absolute Gasteiger partial charge is 0.475 e. The monoisotopic (exact) mass is 357 g/mol. The van der Waals surface area contributed by atoms with Gasteiger partial charge >= 0.3 is 0 Å². The van der Waals surface area contributed by atoms with Gasteiger partial charge in [-0.3, -0.25) is 9.59 Å². The van der Waals surface area contributed by atoms with Gasteiger partial charge in [-0.1, -0.05) is 18.2 Å². The van der Waals surface area contributed by atoms with Crippen LogP contribution in [0.2, 0.25) is 0 Å². The average molecular weight is 357 g/mol. The van der Waals surface area contributed by atoms with Crippen molar-refractivity contribution in [2.75, 3.05) is 25.6 Å². The maximum atomic E-state index is 12.1. The van der Waals surface area contributed by atoms with Gasteiger partial charge in [0.1, 0.15) is 6.61 Å². The third-order valence-electron chi connectivity index (χ3n) is 3.46. The van der Waals surface area contributed by atoms with Crippen molar-refractivity contribution in [3.63, 3.8) is 0 Å². The zero-order chi connectivity index (χ0) is 18.8. The lowest BCUT2D eigenvalue weighted by Crippen LogP contribution is -2.35. The number of hydrogen-bond acceptors (Lipinski definition) is 5. The topological polar surface area (TPSA) is 89.5 Å². The van der Waals surface area contributed by atoms with Gasteiger partial charge in [0, 0.05) is 31.2 Å². The molecule has 1 aromatic carbocycles. The van der Waals surface area contributed by atoms with Crippen molar-refractivity contribution in [3.8, 4) is 5.88 Å². The van der Waals surface area contributed by atoms with Crippen molar-refractivity contribution in [2.24, 2.45) is 0 Å². The minimum absolute atomic E-state index is 0.157. The molecule has 0 fully saturated rings. The summed E-state index contributed by atoms with van der Waals surface area (Å²) < 4.78 is 10.3. The van der Waals surface area contributed by atoms with Crippen molar-refractivity contribution in [1.82, 2.24) is 10.3 Å². The Balaban J connectivity index is 1.77. The minimum atomic E-state index is -0.299. The second-order valence-corrected chi connectivity index (χ2v) is 5.72. The van der Waals surface area contributed by atoms with Gasteiger partial charge in [0.05, 0.1) is 18.5 Å². The van der Waals surface area contributed by atoms with Gasteiger partial charge in [0.15, 0.2) is 0 Å². The Morgan fingerprint density at radius 1 is 1.12 bits per heavy atom. The van der Waals surface area contributed by atoms with Gasteiger partial charge < -0.3 is 20.1 Å². The van der Waals surface area contributed by atoms with Crippen LogP contribution in [-0.4, -0.2) is 43.2 Å². The normalized spacial score (nSPS) is 11.5. The first kappa shape index (κ1) is 19.4. The van der Waals surface area contributed by atoms with Crippen LogP contribution in [0.3, 0.4) is 0 Å². The van der Waals surface area contributed by atoms with E-state index >= 15 is 0 Å². The number of carbonyl (C=O) groups excluding carboxylic acids is 2. The number of nitrogens with one attached hydrogen (secondary N) is 2. The fourth-order valence-corrected chi connectivity index (χ4v) is 2.21. The summed E-state index contributed by atoms with van der Waals surface area (Å²) in [5.41, 5.74) is 1.13. The fourth-order valence-electron chi connectivity index (χ4n) is 2.21. The molecule has 2 N–H and O–H groups in total. The van der Waals surface area contributed by atoms with Crippen LogP contribution in [0.1, 0.15) is 23.7 Å². The molecule has 1 aromatic heterocycles. The lowest BCUT2D eigenvalue weighted by molar-refractivity contribution is -0.116. The summed E-state index contributed by atoms with van der Waals surface area (Å²) in [4.78, 5) is 28.3. The van der Waals surface area contributed by atoms with E-state index in [1.54, 1.807) is 50.4 Å². The van der Waals surface area contributed by atoms with Crippen molar-refractivity contribution in [1.29, 1.82) is 0 Å². The Hall–Kier alpha value is -2.93. The van der Waals surface area contributed by atoms with Crippen molar-refractivity contribution >= 4 is 17.5 Å². The highest BCUT2D eigenvalue weighted by Crippen LogP contribution is 2.12. The van der Waals surface area contributed by atoms with E-state index in [1.807, 2.05) is 6.07 Å². The zero-order valence-electron chi connectivity index (χ0n) is 14.9. The average Bonchev–Trinajstić information content (AvgIpc) is 2.64. The Morgan fingerprint density at radius 3 is 2.54 bits per heavy atom. The summed E-state index contributed by atoms with van der Waals surface area (Å²) in [6, 6.07) is 12.0. The number of amides is 2. The molecule has 0 saturated carbocycles. The summed E-state index contributed by atoms with van der Waals surface area (Å²) in [7, 11) is 1.60. The molecule has 1 atom stereocenters. The third-order valence-corrected chi connectivity index (χ3v) is 3.46. The summed E-state index contributed by atoms with van der Waals surface area (Å²) in [6.45, 7) is 2.67. The van der Waals surface area contributed by atoms with E-state index in [1.165, 1.54) is 6.20 Å². The number of pyridine rings is 1. The van der Waals surface area contributed by atoms with Crippen LogP contribution in [0.4, 0.5) is 5.69 Å². The standard InChI is InChI=1S/C19H23N3O4/c1-14(21-19(24)15-6-4-3-5-7-15)12-17(23)22-16-8-9-18(20-13-16)26-11-10-25-2/h3-9,13-14H,10-12H2,1-2H3,(H,21,24)(H,22,23). The first-order valence-electron chi connectivity index (χ1n) is 8.32. The molecule has 26 heavy (non-hydrogen) atoms. The quantitative estimate of drug-likeness (QED) is 0.672. The van der Waals surface area contributed by atoms with Crippen LogP contribution in [0.5, 0.6) is 5.88 Å². The summed E-state index contributed by atoms with van der Waals surface area (Å²) in [5, 5.41) is 5.55. The fraction of sp³-hybridized carbons (Fsp3) is 0.316. The number of benzene rings is 1. The minimum Gasteiger partial charge on any atom is -0.475 e. The molecule has 2 rings (SSSR count). The molecule has 0 aliphatic heterocycles. The maximum absolute atomic E-state index is 12.1. The van der Waals surface area contributed by atoms with E-state index in [0.29, 0.717) is 30.3 Å². The highest BCUT2D eigenvalue weighted by Gasteiger charge is 2.13. The number of aromatic nitrogens is 1. The third kappa shape index (κ3) is 6.52. The van der Waals surface area contributed by atoms with E-state index in [4.69, 9.17) is 9.47 Å². The molecule has 0 spiro atoms. The highest BCUT2D eigenvalue weighted by atomic mass is 16.5. The molecule has 2 aromatic rings. The predicted octanol–water partition coefficient (Wildman–Crippen LogP) is 2.25. The lowest BCUT2D eigenvalue weighted by atomic mass is 10.1. The predicted molar refractivity (Wildman–Crippen MR) is 98.2 cm³/mol. The lowest BCUT2D eigenvalue weighted by Gasteiger charge is -2.14. The number of rotatable bonds is 9. The van der Waals surface area contributed by atoms with Crippen molar-refractivity contribution in [2.45, 2.75) is 19.4 Å². The van der Waals surface area contributed by atoms with Gasteiger partial charge in [-0.15, -0.1) is 0 Å². The zero-order valence-corrected chi connectivity index (χ0v) is 14.9. The molecule has 138 valence electrons. The van der Waals surface area contributed by atoms with Crippen LogP contribution in [0, 0.1) is 0 Å². The summed E-state index contributed by atoms with van der Waals surface area (Å²) in [6.07, 6.45) is 1.68. The van der Waals surface area contributed by atoms with Gasteiger partial charge in [-0.05, 0) is 25.1 Å². The first-order valence-corrected chi connectivity index (χ1v) is 8.32. The first-order chi connectivity index (χ1) is 12.6. The molecule has 1 unspecified atom stereocenters.